The van der Waals surface area contributed by atoms with Crippen LogP contribution in [0.1, 0.15) is 36.2 Å². The van der Waals surface area contributed by atoms with E-state index in [2.05, 4.69) is 15.7 Å². The number of hydrogen-bond acceptors (Lipinski definition) is 8. The normalized spacial score (nSPS) is 16.9. The van der Waals surface area contributed by atoms with Gasteiger partial charge in [0.15, 0.2) is 12.3 Å². The molecular weight excluding hydrogens is 609 g/mol. The maximum atomic E-state index is 13.2. The van der Waals surface area contributed by atoms with Crippen LogP contribution in [-0.2, 0) is 19.2 Å². The van der Waals surface area contributed by atoms with Crippen LogP contribution in [0.5, 0.6) is 5.75 Å². The Bertz CT molecular complexity index is 1440. The number of benzene rings is 1. The van der Waals surface area contributed by atoms with Gasteiger partial charge in [0.05, 0.1) is 5.69 Å². The number of ether oxygens (including phenoxy) is 1. The van der Waals surface area contributed by atoms with Crippen LogP contribution in [0.3, 0.4) is 0 Å². The van der Waals surface area contributed by atoms with E-state index in [9.17, 15) is 33.2 Å². The van der Waals surface area contributed by atoms with Crippen molar-refractivity contribution in [1.29, 1.82) is 0 Å². The smallest absolute Gasteiger partial charge is 0.407 e. The van der Waals surface area contributed by atoms with Gasteiger partial charge in [-0.1, -0.05) is 6.07 Å². The second kappa shape index (κ2) is 15.7. The van der Waals surface area contributed by atoms with Gasteiger partial charge in [0.25, 0.3) is 11.8 Å². The highest BCUT2D eigenvalue weighted by Crippen LogP contribution is 2.20. The van der Waals surface area contributed by atoms with Gasteiger partial charge in [-0.25, -0.2) is 13.9 Å². The molecule has 2 fully saturated rings. The van der Waals surface area contributed by atoms with Crippen molar-refractivity contribution in [2.75, 3.05) is 52.6 Å². The van der Waals surface area contributed by atoms with E-state index < -0.39 is 54.4 Å². The summed E-state index contributed by atoms with van der Waals surface area (Å²) < 4.78 is 19.5. The Labute approximate surface area is 263 Å². The van der Waals surface area contributed by atoms with Crippen molar-refractivity contribution in [3.8, 4) is 11.4 Å². The first-order valence-electron chi connectivity index (χ1n) is 14.8. The van der Waals surface area contributed by atoms with Crippen molar-refractivity contribution >= 4 is 35.7 Å². The highest BCUT2D eigenvalue weighted by molar-refractivity contribution is 5.96. The van der Waals surface area contributed by atoms with Crippen molar-refractivity contribution in [3.63, 3.8) is 0 Å². The molecule has 2 aliphatic rings. The minimum Gasteiger partial charge on any atom is -0.484 e. The number of alkyl halides is 1. The Kier molecular flexibility index (Phi) is 11.5. The molecule has 248 valence electrons. The summed E-state index contributed by atoms with van der Waals surface area (Å²) >= 11 is 0. The van der Waals surface area contributed by atoms with Gasteiger partial charge in [-0.3, -0.25) is 24.0 Å². The molecule has 46 heavy (non-hydrogen) atoms. The van der Waals surface area contributed by atoms with E-state index in [1.165, 1.54) is 31.6 Å². The number of aliphatic carboxylic acids is 1. The Morgan fingerprint density at radius 3 is 2.46 bits per heavy atom. The predicted octanol–water partition coefficient (Wildman–Crippen LogP) is 0.113. The molecule has 0 bridgehead atoms. The van der Waals surface area contributed by atoms with E-state index in [1.54, 1.807) is 24.3 Å². The summed E-state index contributed by atoms with van der Waals surface area (Å²) in [5, 5.41) is 27.6. The van der Waals surface area contributed by atoms with Crippen molar-refractivity contribution in [1.82, 2.24) is 35.1 Å². The number of carboxylic acids is 1. The Balaban J connectivity index is 1.36. The topological polar surface area (TPSA) is 204 Å². The molecule has 3 heterocycles. The third kappa shape index (κ3) is 8.70. The fourth-order valence-corrected chi connectivity index (χ4v) is 5.25. The van der Waals surface area contributed by atoms with Crippen LogP contribution in [0.2, 0.25) is 0 Å². The first kappa shape index (κ1) is 33.7. The SMILES string of the molecule is O=C(O)CC[C@H](NC(=O)c1ccn(-c2cccc(OCC(=O)N3CCC[C@H]3C(=O)NCCF)c2)n1)C(=O)N1CCN(C(=O)O)CC1. The average molecular weight is 646 g/mol. The highest BCUT2D eigenvalue weighted by Gasteiger charge is 2.34. The lowest BCUT2D eigenvalue weighted by molar-refractivity contribution is -0.140. The Morgan fingerprint density at radius 1 is 1.02 bits per heavy atom. The van der Waals surface area contributed by atoms with Gasteiger partial charge in [-0.05, 0) is 37.5 Å². The molecule has 2 aliphatic heterocycles. The first-order chi connectivity index (χ1) is 22.1. The molecule has 1 aromatic carbocycles. The van der Waals surface area contributed by atoms with Gasteiger partial charge in [-0.2, -0.15) is 5.10 Å². The number of carbonyl (C=O) groups is 6. The second-order valence-corrected chi connectivity index (χ2v) is 10.7. The number of carboxylic acid groups (broad SMARTS) is 2. The standard InChI is InChI=1S/C29H36FN7O9/c30-9-10-31-27(42)23-5-2-11-36(23)24(38)18-46-20-4-1-3-19(17-20)37-12-8-21(33-37)26(41)32-22(6-7-25(39)40)28(43)34-13-15-35(16-14-34)29(44)45/h1,3-4,8,12,17,22-23H,2,5-7,9-11,13-16,18H2,(H,31,42)(H,32,41)(H,39,40)(H,44,45)/t22-,23-/m0/s1. The van der Waals surface area contributed by atoms with Crippen molar-refractivity contribution in [2.45, 2.75) is 37.8 Å². The van der Waals surface area contributed by atoms with Gasteiger partial charge in [-0.15, -0.1) is 0 Å². The number of rotatable bonds is 13. The molecule has 1 aromatic heterocycles. The lowest BCUT2D eigenvalue weighted by Crippen LogP contribution is -2.55. The van der Waals surface area contributed by atoms with Crippen molar-refractivity contribution < 1.29 is 48.1 Å². The van der Waals surface area contributed by atoms with Crippen molar-refractivity contribution in [2.24, 2.45) is 0 Å². The fraction of sp³-hybridized carbons (Fsp3) is 0.483. The van der Waals surface area contributed by atoms with Gasteiger partial charge in [0.1, 0.15) is 24.5 Å². The molecule has 2 atom stereocenters. The van der Waals surface area contributed by atoms with Gasteiger partial charge in [0.2, 0.25) is 11.8 Å². The third-order valence-corrected chi connectivity index (χ3v) is 7.65. The summed E-state index contributed by atoms with van der Waals surface area (Å²) in [6, 6.07) is 6.13. The largest absolute Gasteiger partial charge is 0.484 e. The summed E-state index contributed by atoms with van der Waals surface area (Å²) in [6.45, 7) is -0.349. The third-order valence-electron chi connectivity index (χ3n) is 7.65. The number of carbonyl (C=O) groups excluding carboxylic acids is 4. The summed E-state index contributed by atoms with van der Waals surface area (Å²) in [6.07, 6.45) is 0.981. The number of aromatic nitrogens is 2. The van der Waals surface area contributed by atoms with Crippen LogP contribution in [0.15, 0.2) is 36.5 Å². The molecule has 0 radical (unpaired) electrons. The van der Waals surface area contributed by atoms with E-state index in [4.69, 9.17) is 14.9 Å². The number of halogens is 1. The molecule has 16 nitrogen and oxygen atoms in total. The van der Waals surface area contributed by atoms with Crippen molar-refractivity contribution in [3.05, 3.63) is 42.2 Å². The lowest BCUT2D eigenvalue weighted by Gasteiger charge is -2.35. The number of likely N-dealkylation sites (tertiary alicyclic amines) is 1. The molecule has 0 spiro atoms. The Morgan fingerprint density at radius 2 is 1.76 bits per heavy atom. The molecule has 0 unspecified atom stereocenters. The van der Waals surface area contributed by atoms with Crippen LogP contribution >= 0.6 is 0 Å². The summed E-state index contributed by atoms with van der Waals surface area (Å²) in [5.74, 6) is -2.83. The fourth-order valence-electron chi connectivity index (χ4n) is 5.25. The Hall–Kier alpha value is -5.22. The second-order valence-electron chi connectivity index (χ2n) is 10.7. The summed E-state index contributed by atoms with van der Waals surface area (Å²) in [4.78, 5) is 77.7. The first-order valence-corrected chi connectivity index (χ1v) is 14.8. The molecule has 4 rings (SSSR count). The highest BCUT2D eigenvalue weighted by atomic mass is 19.1. The number of amides is 5. The van der Waals surface area contributed by atoms with Gasteiger partial charge in [0, 0.05) is 58.0 Å². The maximum absolute atomic E-state index is 13.2. The zero-order valence-corrected chi connectivity index (χ0v) is 25.0. The molecule has 5 amide bonds. The number of piperazine rings is 1. The number of nitrogens with zero attached hydrogens (tertiary/aromatic N) is 5. The van der Waals surface area contributed by atoms with E-state index in [0.717, 1.165) is 0 Å². The summed E-state index contributed by atoms with van der Waals surface area (Å²) in [7, 11) is 0. The van der Waals surface area contributed by atoms with Crippen LogP contribution in [0, 0.1) is 0 Å². The number of hydrogen-bond donors (Lipinski definition) is 4. The molecule has 17 heteroatoms. The average Bonchev–Trinajstić information content (AvgIpc) is 3.75. The van der Waals surface area contributed by atoms with Crippen LogP contribution in [0.25, 0.3) is 5.69 Å². The molecule has 0 saturated carbocycles. The van der Waals surface area contributed by atoms with E-state index in [0.29, 0.717) is 30.8 Å². The van der Waals surface area contributed by atoms with E-state index in [-0.39, 0.29) is 57.9 Å². The molecule has 2 aromatic rings. The minimum atomic E-state index is -1.16. The zero-order chi connectivity index (χ0) is 33.2. The quantitative estimate of drug-likeness (QED) is 0.232. The van der Waals surface area contributed by atoms with Crippen LogP contribution < -0.4 is 15.4 Å². The van der Waals surface area contributed by atoms with Gasteiger partial charge >= 0.3 is 12.1 Å². The molecule has 2 saturated heterocycles. The maximum Gasteiger partial charge on any atom is 0.407 e. The summed E-state index contributed by atoms with van der Waals surface area (Å²) in [5.41, 5.74) is 0.444. The molecular formula is C29H36FN7O9. The molecule has 4 N–H and O–H groups in total. The molecule has 0 aliphatic carbocycles. The lowest BCUT2D eigenvalue weighted by atomic mass is 10.1. The minimum absolute atomic E-state index is 0.0450. The predicted molar refractivity (Wildman–Crippen MR) is 157 cm³/mol. The monoisotopic (exact) mass is 645 g/mol. The van der Waals surface area contributed by atoms with Crippen LogP contribution in [0.4, 0.5) is 9.18 Å². The zero-order valence-electron chi connectivity index (χ0n) is 25.0. The van der Waals surface area contributed by atoms with E-state index in [1.807, 2.05) is 0 Å². The van der Waals surface area contributed by atoms with Crippen LogP contribution in [-0.4, -0.2) is 135 Å². The van der Waals surface area contributed by atoms with Gasteiger partial charge < -0.3 is 40.3 Å². The number of nitrogens with one attached hydrogen (secondary N) is 2. The van der Waals surface area contributed by atoms with E-state index >= 15 is 0 Å².